The second-order valence-electron chi connectivity index (χ2n) is 5.75. The van der Waals surface area contributed by atoms with Crippen molar-refractivity contribution < 1.29 is 17.6 Å². The van der Waals surface area contributed by atoms with Gasteiger partial charge in [0.15, 0.2) is 5.84 Å². The van der Waals surface area contributed by atoms with E-state index in [1.807, 2.05) is 0 Å². The van der Waals surface area contributed by atoms with Crippen molar-refractivity contribution >= 4 is 27.5 Å². The Morgan fingerprint density at radius 2 is 1.96 bits per heavy atom. The number of hydrogen-bond donors (Lipinski definition) is 1. The number of nitrogens with one attached hydrogen (secondary N) is 1. The van der Waals surface area contributed by atoms with Crippen LogP contribution in [0.3, 0.4) is 0 Å². The van der Waals surface area contributed by atoms with Gasteiger partial charge in [0.2, 0.25) is 5.91 Å². The highest BCUT2D eigenvalue weighted by Crippen LogP contribution is 2.26. The number of carbonyl (C=O) groups excluding carboxylic acids is 1. The maximum absolute atomic E-state index is 13.1. The first-order valence-electron chi connectivity index (χ1n) is 7.49. The Labute approximate surface area is 145 Å². The number of sulfonamides is 1. The van der Waals surface area contributed by atoms with Crippen molar-refractivity contribution in [1.29, 1.82) is 0 Å². The summed E-state index contributed by atoms with van der Waals surface area (Å²) in [7, 11) is -2.14. The average Bonchev–Trinajstić information content (AvgIpc) is 2.82. The molecule has 6 nitrogen and oxygen atoms in total. The molecule has 0 saturated heterocycles. The molecule has 2 aromatic rings. The molecule has 1 heterocycles. The van der Waals surface area contributed by atoms with E-state index in [0.29, 0.717) is 16.8 Å². The predicted molar refractivity (Wildman–Crippen MR) is 92.6 cm³/mol. The van der Waals surface area contributed by atoms with Crippen LogP contribution in [0.4, 0.5) is 10.1 Å². The summed E-state index contributed by atoms with van der Waals surface area (Å²) in [5.74, 6) is -0.516. The Kier molecular flexibility index (Phi) is 4.30. The Morgan fingerprint density at radius 3 is 2.68 bits per heavy atom. The second-order valence-corrected chi connectivity index (χ2v) is 7.32. The molecule has 3 rings (SSSR count). The molecule has 0 aromatic heterocycles. The van der Waals surface area contributed by atoms with Gasteiger partial charge in [0.25, 0.3) is 10.0 Å². The molecule has 1 N–H and O–H groups in total. The van der Waals surface area contributed by atoms with Crippen LogP contribution in [0.5, 0.6) is 0 Å². The third-order valence-corrected chi connectivity index (χ3v) is 5.14. The van der Waals surface area contributed by atoms with Gasteiger partial charge in [-0.25, -0.2) is 4.39 Å². The van der Waals surface area contributed by atoms with Crippen LogP contribution in [-0.2, 0) is 14.8 Å². The summed E-state index contributed by atoms with van der Waals surface area (Å²) in [5, 5.41) is 2.68. The highest BCUT2D eigenvalue weighted by atomic mass is 32.2. The smallest absolute Gasteiger partial charge is 0.285 e. The highest BCUT2D eigenvalue weighted by Gasteiger charge is 2.30. The Bertz CT molecular complexity index is 986. The zero-order chi connectivity index (χ0) is 18.2. The molecule has 0 fully saturated rings. The first kappa shape index (κ1) is 17.1. The molecule has 1 amide bonds. The SMILES string of the molecule is Cc1cc(F)ccc1NC(=O)CN(C)C1=NS(=O)(=O)c2ccccc21. The van der Waals surface area contributed by atoms with Crippen LogP contribution < -0.4 is 5.32 Å². The molecule has 0 bridgehead atoms. The van der Waals surface area contributed by atoms with Crippen LogP contribution in [0.2, 0.25) is 0 Å². The van der Waals surface area contributed by atoms with Gasteiger partial charge < -0.3 is 10.2 Å². The topological polar surface area (TPSA) is 78.8 Å². The summed E-state index contributed by atoms with van der Waals surface area (Å²) in [4.78, 5) is 13.8. The van der Waals surface area contributed by atoms with Crippen molar-refractivity contribution in [3.8, 4) is 0 Å². The molecule has 2 aromatic carbocycles. The zero-order valence-corrected chi connectivity index (χ0v) is 14.5. The third kappa shape index (κ3) is 3.39. The summed E-state index contributed by atoms with van der Waals surface area (Å²) < 4.78 is 41.0. The van der Waals surface area contributed by atoms with E-state index in [9.17, 15) is 17.6 Å². The fourth-order valence-corrected chi connectivity index (χ4v) is 3.86. The summed E-state index contributed by atoms with van der Waals surface area (Å²) in [6.07, 6.45) is 0. The Hall–Kier alpha value is -2.74. The fraction of sp³-hybridized carbons (Fsp3) is 0.176. The number of rotatable bonds is 3. The largest absolute Gasteiger partial charge is 0.349 e. The molecule has 130 valence electrons. The van der Waals surface area contributed by atoms with Crippen molar-refractivity contribution in [3.63, 3.8) is 0 Å². The number of hydrogen-bond acceptors (Lipinski definition) is 4. The van der Waals surface area contributed by atoms with Gasteiger partial charge in [0.1, 0.15) is 10.7 Å². The third-order valence-electron chi connectivity index (χ3n) is 3.82. The number of amidine groups is 1. The molecule has 0 aliphatic carbocycles. The number of aryl methyl sites for hydroxylation is 1. The average molecular weight is 361 g/mol. The first-order valence-corrected chi connectivity index (χ1v) is 8.93. The predicted octanol–water partition coefficient (Wildman–Crippen LogP) is 2.15. The van der Waals surface area contributed by atoms with Crippen LogP contribution in [0.15, 0.2) is 51.8 Å². The van der Waals surface area contributed by atoms with Gasteiger partial charge >= 0.3 is 0 Å². The highest BCUT2D eigenvalue weighted by molar-refractivity contribution is 7.90. The van der Waals surface area contributed by atoms with Gasteiger partial charge in [-0.05, 0) is 42.8 Å². The number of fused-ring (bicyclic) bond motifs is 1. The van der Waals surface area contributed by atoms with E-state index in [0.717, 1.165) is 0 Å². The van der Waals surface area contributed by atoms with Crippen LogP contribution in [-0.4, -0.2) is 38.7 Å². The summed E-state index contributed by atoms with van der Waals surface area (Å²) in [6, 6.07) is 10.5. The van der Waals surface area contributed by atoms with E-state index in [1.165, 1.54) is 29.2 Å². The number of amides is 1. The number of nitrogens with zero attached hydrogens (tertiary/aromatic N) is 2. The van der Waals surface area contributed by atoms with Crippen molar-refractivity contribution in [3.05, 3.63) is 59.4 Å². The lowest BCUT2D eigenvalue weighted by Gasteiger charge is -2.19. The van der Waals surface area contributed by atoms with Crippen LogP contribution in [0.25, 0.3) is 0 Å². The van der Waals surface area contributed by atoms with E-state index < -0.39 is 10.0 Å². The minimum atomic E-state index is -3.73. The van der Waals surface area contributed by atoms with Crippen LogP contribution in [0, 0.1) is 12.7 Å². The first-order chi connectivity index (χ1) is 11.8. The molecule has 0 radical (unpaired) electrons. The molecule has 8 heteroatoms. The quantitative estimate of drug-likeness (QED) is 0.909. The van der Waals surface area contributed by atoms with E-state index in [4.69, 9.17) is 0 Å². The van der Waals surface area contributed by atoms with E-state index in [2.05, 4.69) is 9.71 Å². The van der Waals surface area contributed by atoms with Crippen LogP contribution in [0.1, 0.15) is 11.1 Å². The number of likely N-dealkylation sites (N-methyl/N-ethyl adjacent to an activating group) is 1. The lowest BCUT2D eigenvalue weighted by molar-refractivity contribution is -0.116. The summed E-state index contributed by atoms with van der Waals surface area (Å²) in [6.45, 7) is 1.59. The summed E-state index contributed by atoms with van der Waals surface area (Å²) >= 11 is 0. The maximum Gasteiger partial charge on any atom is 0.285 e. The van der Waals surface area contributed by atoms with Gasteiger partial charge in [0, 0.05) is 18.3 Å². The maximum atomic E-state index is 13.1. The Balaban J connectivity index is 1.77. The molecule has 0 saturated carbocycles. The van der Waals surface area contributed by atoms with Crippen molar-refractivity contribution in [2.45, 2.75) is 11.8 Å². The van der Waals surface area contributed by atoms with Crippen molar-refractivity contribution in [2.24, 2.45) is 4.40 Å². The molecule has 1 aliphatic heterocycles. The number of halogens is 1. The second kappa shape index (κ2) is 6.29. The molecule has 25 heavy (non-hydrogen) atoms. The molecular weight excluding hydrogens is 345 g/mol. The summed E-state index contributed by atoms with van der Waals surface area (Å²) in [5.41, 5.74) is 1.57. The van der Waals surface area contributed by atoms with Crippen molar-refractivity contribution in [1.82, 2.24) is 4.90 Å². The van der Waals surface area contributed by atoms with E-state index in [1.54, 1.807) is 32.2 Å². The number of carbonyl (C=O) groups is 1. The lowest BCUT2D eigenvalue weighted by atomic mass is 10.2. The van der Waals surface area contributed by atoms with Gasteiger partial charge in [-0.1, -0.05) is 12.1 Å². The normalized spacial score (nSPS) is 14.6. The standard InChI is InChI=1S/C17H16FN3O3S/c1-11-9-12(18)7-8-14(11)19-16(22)10-21(2)17-13-5-3-4-6-15(13)25(23,24)20-17/h3-9H,10H2,1-2H3,(H,19,22). The van der Waals surface area contributed by atoms with E-state index >= 15 is 0 Å². The van der Waals surface area contributed by atoms with Gasteiger partial charge in [0.05, 0.1) is 6.54 Å². The zero-order valence-electron chi connectivity index (χ0n) is 13.7. The van der Waals surface area contributed by atoms with Crippen LogP contribution >= 0.6 is 0 Å². The molecule has 0 atom stereocenters. The molecule has 0 unspecified atom stereocenters. The molecular formula is C17H16FN3O3S. The van der Waals surface area contributed by atoms with E-state index in [-0.39, 0.29) is 29.0 Å². The number of benzene rings is 2. The van der Waals surface area contributed by atoms with Gasteiger partial charge in [-0.15, -0.1) is 4.40 Å². The van der Waals surface area contributed by atoms with Gasteiger partial charge in [-0.2, -0.15) is 8.42 Å². The Morgan fingerprint density at radius 1 is 1.24 bits per heavy atom. The monoisotopic (exact) mass is 361 g/mol. The lowest BCUT2D eigenvalue weighted by Crippen LogP contribution is -2.35. The minimum Gasteiger partial charge on any atom is -0.349 e. The van der Waals surface area contributed by atoms with Gasteiger partial charge in [-0.3, -0.25) is 4.79 Å². The molecule has 0 spiro atoms. The fourth-order valence-electron chi connectivity index (χ4n) is 2.61. The minimum absolute atomic E-state index is 0.0977. The van der Waals surface area contributed by atoms with Crippen molar-refractivity contribution in [2.75, 3.05) is 18.9 Å². The number of anilines is 1. The molecule has 1 aliphatic rings.